The lowest BCUT2D eigenvalue weighted by atomic mass is 10.0. The van der Waals surface area contributed by atoms with Crippen molar-refractivity contribution < 1.29 is 19.4 Å². The molecule has 0 unspecified atom stereocenters. The van der Waals surface area contributed by atoms with Gasteiger partial charge >= 0.3 is 5.97 Å². The molecule has 2 aromatic rings. The van der Waals surface area contributed by atoms with E-state index in [1.54, 1.807) is 27.0 Å². The zero-order valence-electron chi connectivity index (χ0n) is 12.9. The van der Waals surface area contributed by atoms with Gasteiger partial charge in [0.25, 0.3) is 0 Å². The summed E-state index contributed by atoms with van der Waals surface area (Å²) < 4.78 is 10.4. The van der Waals surface area contributed by atoms with E-state index in [1.165, 1.54) is 0 Å². The predicted molar refractivity (Wildman–Crippen MR) is 83.5 cm³/mol. The number of aromatic nitrogens is 1. The summed E-state index contributed by atoms with van der Waals surface area (Å²) in [4.78, 5) is 15.6. The number of aromatic carboxylic acids is 1. The molecule has 22 heavy (non-hydrogen) atoms. The third-order valence-electron chi connectivity index (χ3n) is 3.32. The highest BCUT2D eigenvalue weighted by atomic mass is 16.5. The van der Waals surface area contributed by atoms with Crippen molar-refractivity contribution in [2.24, 2.45) is 0 Å². The molecule has 0 aliphatic rings. The van der Waals surface area contributed by atoms with E-state index < -0.39 is 5.97 Å². The normalized spacial score (nSPS) is 10.5. The van der Waals surface area contributed by atoms with Gasteiger partial charge in [0.1, 0.15) is 12.4 Å². The quantitative estimate of drug-likeness (QED) is 0.830. The monoisotopic (exact) mass is 301 g/mol. The summed E-state index contributed by atoms with van der Waals surface area (Å²) in [5.74, 6) is -0.188. The topological polar surface area (TPSA) is 68.7 Å². The second-order valence-corrected chi connectivity index (χ2v) is 4.96. The summed E-state index contributed by atoms with van der Waals surface area (Å²) in [6, 6.07) is 9.33. The van der Waals surface area contributed by atoms with Crippen LogP contribution >= 0.6 is 0 Å². The Labute approximate surface area is 129 Å². The van der Waals surface area contributed by atoms with Crippen LogP contribution in [0.15, 0.2) is 30.3 Å². The molecule has 0 aliphatic carbocycles. The third-order valence-corrected chi connectivity index (χ3v) is 3.32. The number of methoxy groups -OCH3 is 1. The van der Waals surface area contributed by atoms with Crippen molar-refractivity contribution in [3.8, 4) is 17.0 Å². The highest BCUT2D eigenvalue weighted by Gasteiger charge is 2.14. The fraction of sp³-hybridized carbons (Fsp3) is 0.294. The van der Waals surface area contributed by atoms with Crippen LogP contribution in [-0.2, 0) is 4.74 Å². The lowest BCUT2D eigenvalue weighted by molar-refractivity contribution is 0.0695. The highest BCUT2D eigenvalue weighted by Crippen LogP contribution is 2.24. The van der Waals surface area contributed by atoms with Gasteiger partial charge in [-0.25, -0.2) is 4.79 Å². The van der Waals surface area contributed by atoms with Crippen LogP contribution in [0.4, 0.5) is 0 Å². The fourth-order valence-electron chi connectivity index (χ4n) is 2.27. The number of carbonyl (C=O) groups is 1. The van der Waals surface area contributed by atoms with Gasteiger partial charge in [-0.05, 0) is 49.7 Å². The summed E-state index contributed by atoms with van der Waals surface area (Å²) in [6.07, 6.45) is 0. The molecule has 2 rings (SSSR count). The van der Waals surface area contributed by atoms with E-state index in [9.17, 15) is 9.90 Å². The second-order valence-electron chi connectivity index (χ2n) is 4.96. The number of rotatable bonds is 6. The number of carboxylic acid groups (broad SMARTS) is 1. The number of carboxylic acids is 1. The van der Waals surface area contributed by atoms with Crippen LogP contribution in [0.2, 0.25) is 0 Å². The summed E-state index contributed by atoms with van der Waals surface area (Å²) in [6.45, 7) is 4.53. The molecule has 0 saturated heterocycles. The Kier molecular flexibility index (Phi) is 5.12. The molecule has 1 aromatic carbocycles. The van der Waals surface area contributed by atoms with Gasteiger partial charge in [-0.1, -0.05) is 0 Å². The SMILES string of the molecule is COCCOc1ccc(-c2cc(C)c(C(=O)O)c(C)n2)cc1. The molecule has 0 spiro atoms. The maximum Gasteiger partial charge on any atom is 0.337 e. The Morgan fingerprint density at radius 1 is 1.18 bits per heavy atom. The number of aryl methyl sites for hydroxylation is 2. The number of nitrogens with zero attached hydrogens (tertiary/aromatic N) is 1. The molecule has 0 atom stereocenters. The Hall–Kier alpha value is -2.40. The van der Waals surface area contributed by atoms with Crippen molar-refractivity contribution in [3.63, 3.8) is 0 Å². The van der Waals surface area contributed by atoms with Crippen molar-refractivity contribution in [1.82, 2.24) is 4.98 Å². The molecule has 5 heteroatoms. The number of pyridine rings is 1. The second kappa shape index (κ2) is 7.04. The van der Waals surface area contributed by atoms with Crippen molar-refractivity contribution in [3.05, 3.63) is 47.2 Å². The van der Waals surface area contributed by atoms with Crippen molar-refractivity contribution >= 4 is 5.97 Å². The summed E-state index contributed by atoms with van der Waals surface area (Å²) in [7, 11) is 1.63. The molecule has 0 amide bonds. The largest absolute Gasteiger partial charge is 0.491 e. The molecule has 116 valence electrons. The summed E-state index contributed by atoms with van der Waals surface area (Å²) in [5.41, 5.74) is 3.16. The van der Waals surface area contributed by atoms with Gasteiger partial charge in [-0.3, -0.25) is 4.98 Å². The molecular formula is C17H19NO4. The third kappa shape index (κ3) is 3.62. The van der Waals surface area contributed by atoms with Gasteiger partial charge < -0.3 is 14.6 Å². The van der Waals surface area contributed by atoms with Crippen LogP contribution in [0.5, 0.6) is 5.75 Å². The lowest BCUT2D eigenvalue weighted by Crippen LogP contribution is -2.06. The number of hydrogen-bond donors (Lipinski definition) is 1. The van der Waals surface area contributed by atoms with E-state index >= 15 is 0 Å². The van der Waals surface area contributed by atoms with Gasteiger partial charge in [0.2, 0.25) is 0 Å². The van der Waals surface area contributed by atoms with E-state index in [2.05, 4.69) is 4.98 Å². The smallest absolute Gasteiger partial charge is 0.337 e. The van der Waals surface area contributed by atoms with Crippen LogP contribution in [0.1, 0.15) is 21.6 Å². The lowest BCUT2D eigenvalue weighted by Gasteiger charge is -2.10. The van der Waals surface area contributed by atoms with E-state index in [1.807, 2.05) is 24.3 Å². The van der Waals surface area contributed by atoms with E-state index in [0.717, 1.165) is 17.0 Å². The fourth-order valence-corrected chi connectivity index (χ4v) is 2.27. The van der Waals surface area contributed by atoms with Gasteiger partial charge in [0.05, 0.1) is 23.6 Å². The Morgan fingerprint density at radius 2 is 1.86 bits per heavy atom. The molecule has 0 saturated carbocycles. The zero-order valence-corrected chi connectivity index (χ0v) is 12.9. The van der Waals surface area contributed by atoms with E-state index in [4.69, 9.17) is 9.47 Å². The molecule has 0 aliphatic heterocycles. The van der Waals surface area contributed by atoms with Crippen LogP contribution < -0.4 is 4.74 Å². The number of hydrogen-bond acceptors (Lipinski definition) is 4. The van der Waals surface area contributed by atoms with Gasteiger partial charge in [0.15, 0.2) is 0 Å². The number of benzene rings is 1. The van der Waals surface area contributed by atoms with Gasteiger partial charge in [0, 0.05) is 12.7 Å². The maximum absolute atomic E-state index is 11.2. The Balaban J connectivity index is 2.23. The Bertz CT molecular complexity index is 642. The van der Waals surface area contributed by atoms with Crippen LogP contribution in [0.25, 0.3) is 11.3 Å². The van der Waals surface area contributed by atoms with Crippen LogP contribution in [0.3, 0.4) is 0 Å². The average molecular weight is 301 g/mol. The van der Waals surface area contributed by atoms with E-state index in [-0.39, 0.29) is 5.56 Å². The summed E-state index contributed by atoms with van der Waals surface area (Å²) in [5, 5.41) is 9.18. The molecule has 1 aromatic heterocycles. The molecule has 1 heterocycles. The standard InChI is InChI=1S/C17H19NO4/c1-11-10-15(18-12(2)16(11)17(19)20)13-4-6-14(7-5-13)22-9-8-21-3/h4-7,10H,8-9H2,1-3H3,(H,19,20). The molecular weight excluding hydrogens is 282 g/mol. The molecule has 5 nitrogen and oxygen atoms in total. The van der Waals surface area contributed by atoms with Crippen LogP contribution in [-0.4, -0.2) is 36.4 Å². The first kappa shape index (κ1) is 16.0. The maximum atomic E-state index is 11.2. The number of ether oxygens (including phenoxy) is 2. The van der Waals surface area contributed by atoms with E-state index in [0.29, 0.717) is 24.5 Å². The van der Waals surface area contributed by atoms with Crippen molar-refractivity contribution in [2.75, 3.05) is 20.3 Å². The van der Waals surface area contributed by atoms with Crippen LogP contribution in [0, 0.1) is 13.8 Å². The Morgan fingerprint density at radius 3 is 2.41 bits per heavy atom. The zero-order chi connectivity index (χ0) is 16.1. The molecule has 0 fully saturated rings. The highest BCUT2D eigenvalue weighted by molar-refractivity contribution is 5.91. The minimum absolute atomic E-state index is 0.267. The first-order chi connectivity index (χ1) is 10.5. The first-order valence-electron chi connectivity index (χ1n) is 6.96. The first-order valence-corrected chi connectivity index (χ1v) is 6.96. The minimum atomic E-state index is -0.948. The molecule has 0 radical (unpaired) electrons. The van der Waals surface area contributed by atoms with Crippen molar-refractivity contribution in [1.29, 1.82) is 0 Å². The van der Waals surface area contributed by atoms with Gasteiger partial charge in [-0.15, -0.1) is 0 Å². The average Bonchev–Trinajstić information content (AvgIpc) is 2.47. The summed E-state index contributed by atoms with van der Waals surface area (Å²) >= 11 is 0. The molecule has 1 N–H and O–H groups in total. The van der Waals surface area contributed by atoms with Gasteiger partial charge in [-0.2, -0.15) is 0 Å². The molecule has 0 bridgehead atoms. The predicted octanol–water partition coefficient (Wildman–Crippen LogP) is 3.09. The van der Waals surface area contributed by atoms with Crippen molar-refractivity contribution in [2.45, 2.75) is 13.8 Å². The minimum Gasteiger partial charge on any atom is -0.491 e.